The molecule has 2 amide bonds. The standard InChI is InChI=1S/C20H25N3O3/c24-19(9-15-26-18-7-2-1-3-8-18)22-11-5-12-23(14-13-22)20(25)16-17-6-4-10-21-17/h1-4,6-8,10,21H,5,9,11-16H2. The van der Waals surface area contributed by atoms with Crippen molar-refractivity contribution in [3.63, 3.8) is 0 Å². The first-order valence-corrected chi connectivity index (χ1v) is 9.08. The number of amides is 2. The SMILES string of the molecule is O=C(CCOc1ccccc1)N1CCCN(C(=O)Cc2ccc[nH]2)CC1. The fourth-order valence-corrected chi connectivity index (χ4v) is 3.10. The summed E-state index contributed by atoms with van der Waals surface area (Å²) in [5.74, 6) is 0.964. The van der Waals surface area contributed by atoms with Crippen LogP contribution in [0.4, 0.5) is 0 Å². The van der Waals surface area contributed by atoms with E-state index in [1.165, 1.54) is 0 Å². The number of carbonyl (C=O) groups is 2. The van der Waals surface area contributed by atoms with Gasteiger partial charge in [0.2, 0.25) is 11.8 Å². The molecule has 2 aromatic rings. The highest BCUT2D eigenvalue weighted by atomic mass is 16.5. The van der Waals surface area contributed by atoms with Crippen molar-refractivity contribution >= 4 is 11.8 Å². The van der Waals surface area contributed by atoms with Crippen LogP contribution in [0.2, 0.25) is 0 Å². The predicted octanol–water partition coefficient (Wildman–Crippen LogP) is 2.09. The predicted molar refractivity (Wildman–Crippen MR) is 98.8 cm³/mol. The van der Waals surface area contributed by atoms with Crippen molar-refractivity contribution in [2.24, 2.45) is 0 Å². The lowest BCUT2D eigenvalue weighted by molar-refractivity contribution is -0.133. The largest absolute Gasteiger partial charge is 0.493 e. The number of H-pyrrole nitrogens is 1. The van der Waals surface area contributed by atoms with E-state index in [0.29, 0.717) is 45.6 Å². The Labute approximate surface area is 153 Å². The normalized spacial score (nSPS) is 14.8. The summed E-state index contributed by atoms with van der Waals surface area (Å²) in [6, 6.07) is 13.3. The Morgan fingerprint density at radius 2 is 1.65 bits per heavy atom. The fraction of sp³-hybridized carbons (Fsp3) is 0.400. The molecule has 1 fully saturated rings. The molecule has 26 heavy (non-hydrogen) atoms. The van der Waals surface area contributed by atoms with Gasteiger partial charge in [0.15, 0.2) is 0 Å². The third kappa shape index (κ3) is 5.12. The number of nitrogens with one attached hydrogen (secondary N) is 1. The number of hydrogen-bond acceptors (Lipinski definition) is 3. The van der Waals surface area contributed by atoms with Gasteiger partial charge in [-0.15, -0.1) is 0 Å². The molecule has 1 aromatic heterocycles. The quantitative estimate of drug-likeness (QED) is 0.863. The van der Waals surface area contributed by atoms with Gasteiger partial charge in [-0.05, 0) is 30.7 Å². The third-order valence-corrected chi connectivity index (χ3v) is 4.53. The van der Waals surface area contributed by atoms with Gasteiger partial charge in [0, 0.05) is 38.1 Å². The van der Waals surface area contributed by atoms with Crippen LogP contribution in [0.1, 0.15) is 18.5 Å². The van der Waals surface area contributed by atoms with Gasteiger partial charge < -0.3 is 19.5 Å². The van der Waals surface area contributed by atoms with E-state index >= 15 is 0 Å². The first-order valence-electron chi connectivity index (χ1n) is 9.08. The Bertz CT molecular complexity index is 700. The van der Waals surface area contributed by atoms with Crippen molar-refractivity contribution in [2.75, 3.05) is 32.8 Å². The molecule has 0 unspecified atom stereocenters. The molecule has 0 radical (unpaired) electrons. The first-order chi connectivity index (χ1) is 12.7. The van der Waals surface area contributed by atoms with E-state index < -0.39 is 0 Å². The number of hydrogen-bond donors (Lipinski definition) is 1. The second kappa shape index (κ2) is 9.08. The van der Waals surface area contributed by atoms with Crippen molar-refractivity contribution in [3.05, 3.63) is 54.4 Å². The summed E-state index contributed by atoms with van der Waals surface area (Å²) in [6.45, 7) is 2.93. The highest BCUT2D eigenvalue weighted by Crippen LogP contribution is 2.10. The van der Waals surface area contributed by atoms with Gasteiger partial charge in [0.1, 0.15) is 5.75 Å². The van der Waals surface area contributed by atoms with Crippen LogP contribution in [0.15, 0.2) is 48.7 Å². The Morgan fingerprint density at radius 1 is 0.923 bits per heavy atom. The Balaban J connectivity index is 1.42. The molecule has 0 saturated carbocycles. The summed E-state index contributed by atoms with van der Waals surface area (Å²) >= 11 is 0. The second-order valence-corrected chi connectivity index (χ2v) is 6.40. The van der Waals surface area contributed by atoms with Crippen LogP contribution in [-0.2, 0) is 16.0 Å². The monoisotopic (exact) mass is 355 g/mol. The molecule has 1 saturated heterocycles. The second-order valence-electron chi connectivity index (χ2n) is 6.40. The van der Waals surface area contributed by atoms with Gasteiger partial charge in [-0.2, -0.15) is 0 Å². The molecule has 0 spiro atoms. The van der Waals surface area contributed by atoms with Crippen molar-refractivity contribution in [3.8, 4) is 5.75 Å². The number of rotatable bonds is 6. The lowest BCUT2D eigenvalue weighted by atomic mass is 10.2. The lowest BCUT2D eigenvalue weighted by Gasteiger charge is -2.22. The Hall–Kier alpha value is -2.76. The van der Waals surface area contributed by atoms with Gasteiger partial charge >= 0.3 is 0 Å². The van der Waals surface area contributed by atoms with Crippen LogP contribution in [0.25, 0.3) is 0 Å². The Kier molecular flexibility index (Phi) is 6.30. The maximum Gasteiger partial charge on any atom is 0.228 e. The van der Waals surface area contributed by atoms with Gasteiger partial charge in [-0.3, -0.25) is 9.59 Å². The van der Waals surface area contributed by atoms with Crippen molar-refractivity contribution < 1.29 is 14.3 Å². The molecule has 0 aliphatic carbocycles. The van der Waals surface area contributed by atoms with Crippen LogP contribution in [0.5, 0.6) is 5.75 Å². The minimum atomic E-state index is 0.0830. The van der Waals surface area contributed by atoms with Gasteiger partial charge in [-0.1, -0.05) is 18.2 Å². The molecule has 138 valence electrons. The van der Waals surface area contributed by atoms with E-state index in [1.807, 2.05) is 58.5 Å². The van der Waals surface area contributed by atoms with Crippen LogP contribution in [0, 0.1) is 0 Å². The zero-order chi connectivity index (χ0) is 18.2. The average molecular weight is 355 g/mol. The molecule has 1 aliphatic heterocycles. The molecule has 0 atom stereocenters. The Morgan fingerprint density at radius 3 is 2.35 bits per heavy atom. The number of aromatic nitrogens is 1. The summed E-state index contributed by atoms with van der Waals surface area (Å²) < 4.78 is 5.60. The maximum atomic E-state index is 12.4. The molecular weight excluding hydrogens is 330 g/mol. The van der Waals surface area contributed by atoms with E-state index in [-0.39, 0.29) is 11.8 Å². The third-order valence-electron chi connectivity index (χ3n) is 4.53. The minimum Gasteiger partial charge on any atom is -0.493 e. The highest BCUT2D eigenvalue weighted by molar-refractivity contribution is 5.79. The first kappa shape index (κ1) is 18.0. The molecule has 1 N–H and O–H groups in total. The van der Waals surface area contributed by atoms with Crippen molar-refractivity contribution in [1.82, 2.24) is 14.8 Å². The van der Waals surface area contributed by atoms with Crippen LogP contribution < -0.4 is 4.74 Å². The van der Waals surface area contributed by atoms with Gasteiger partial charge in [0.05, 0.1) is 19.4 Å². The highest BCUT2D eigenvalue weighted by Gasteiger charge is 2.22. The number of carbonyl (C=O) groups excluding carboxylic acids is 2. The van der Waals surface area contributed by atoms with Gasteiger partial charge in [0.25, 0.3) is 0 Å². The maximum absolute atomic E-state index is 12.4. The zero-order valence-electron chi connectivity index (χ0n) is 14.9. The van der Waals surface area contributed by atoms with Crippen molar-refractivity contribution in [2.45, 2.75) is 19.3 Å². The van der Waals surface area contributed by atoms with Crippen LogP contribution >= 0.6 is 0 Å². The molecule has 1 aromatic carbocycles. The topological polar surface area (TPSA) is 65.6 Å². The van der Waals surface area contributed by atoms with E-state index in [2.05, 4.69) is 4.98 Å². The van der Waals surface area contributed by atoms with E-state index in [1.54, 1.807) is 0 Å². The average Bonchev–Trinajstić information content (AvgIpc) is 3.03. The summed E-state index contributed by atoms with van der Waals surface area (Å²) in [7, 11) is 0. The number of nitrogens with zero attached hydrogens (tertiary/aromatic N) is 2. The summed E-state index contributed by atoms with van der Waals surface area (Å²) in [6.07, 6.45) is 3.36. The summed E-state index contributed by atoms with van der Waals surface area (Å²) in [5.41, 5.74) is 0.922. The molecular formula is C20H25N3O3. The minimum absolute atomic E-state index is 0.0830. The van der Waals surface area contributed by atoms with Crippen molar-refractivity contribution in [1.29, 1.82) is 0 Å². The fourth-order valence-electron chi connectivity index (χ4n) is 3.10. The van der Waals surface area contributed by atoms with E-state index in [4.69, 9.17) is 4.74 Å². The molecule has 0 bridgehead atoms. The molecule has 2 heterocycles. The molecule has 1 aliphatic rings. The number of ether oxygens (including phenoxy) is 1. The number of aromatic amines is 1. The summed E-state index contributed by atoms with van der Waals surface area (Å²) in [4.78, 5) is 31.6. The number of para-hydroxylation sites is 1. The summed E-state index contributed by atoms with van der Waals surface area (Å²) in [5, 5.41) is 0. The van der Waals surface area contributed by atoms with Crippen LogP contribution in [0.3, 0.4) is 0 Å². The van der Waals surface area contributed by atoms with E-state index in [9.17, 15) is 9.59 Å². The smallest absolute Gasteiger partial charge is 0.228 e. The molecule has 3 rings (SSSR count). The van der Waals surface area contributed by atoms with Gasteiger partial charge in [-0.25, -0.2) is 0 Å². The van der Waals surface area contributed by atoms with E-state index in [0.717, 1.165) is 17.9 Å². The number of benzene rings is 1. The zero-order valence-corrected chi connectivity index (χ0v) is 14.9. The van der Waals surface area contributed by atoms with Crippen LogP contribution in [-0.4, -0.2) is 59.4 Å². The molecule has 6 heteroatoms. The molecule has 6 nitrogen and oxygen atoms in total. The lowest BCUT2D eigenvalue weighted by Crippen LogP contribution is -2.38.